The Morgan fingerprint density at radius 3 is 2.48 bits per heavy atom. The highest BCUT2D eigenvalue weighted by molar-refractivity contribution is 9.10. The highest BCUT2D eigenvalue weighted by atomic mass is 79.9. The second-order valence-electron chi connectivity index (χ2n) is 6.27. The van der Waals surface area contributed by atoms with Crippen molar-refractivity contribution in [2.45, 2.75) is 32.4 Å². The average molecular weight is 391 g/mol. The molecule has 0 spiro atoms. The number of benzene rings is 1. The third-order valence-electron chi connectivity index (χ3n) is 3.14. The molecule has 2 amide bonds. The fourth-order valence-electron chi connectivity index (χ4n) is 2.04. The van der Waals surface area contributed by atoms with Crippen LogP contribution in [0.2, 0.25) is 0 Å². The van der Waals surface area contributed by atoms with Crippen LogP contribution < -0.4 is 5.32 Å². The van der Waals surface area contributed by atoms with Gasteiger partial charge in [-0.05, 0) is 48.8 Å². The number of rotatable bonds is 2. The first kappa shape index (κ1) is 17.7. The lowest BCUT2D eigenvalue weighted by atomic mass is 10.1. The van der Waals surface area contributed by atoms with Crippen LogP contribution in [0.1, 0.15) is 31.1 Å². The number of carbonyl (C=O) groups is 2. The molecule has 0 aromatic heterocycles. The van der Waals surface area contributed by atoms with Crippen molar-refractivity contribution in [2.24, 2.45) is 0 Å². The summed E-state index contributed by atoms with van der Waals surface area (Å²) < 4.78 is 32.7. The summed E-state index contributed by atoms with van der Waals surface area (Å²) >= 11 is 2.91. The maximum Gasteiger partial charge on any atom is 0.410 e. The van der Waals surface area contributed by atoms with Crippen molar-refractivity contribution in [2.75, 3.05) is 13.1 Å². The lowest BCUT2D eigenvalue weighted by Gasteiger charge is -2.39. The normalized spacial score (nSPS) is 15.1. The van der Waals surface area contributed by atoms with Gasteiger partial charge in [0, 0.05) is 13.1 Å². The smallest absolute Gasteiger partial charge is 0.410 e. The van der Waals surface area contributed by atoms with E-state index in [0.717, 1.165) is 6.07 Å². The van der Waals surface area contributed by atoms with Crippen LogP contribution >= 0.6 is 15.9 Å². The van der Waals surface area contributed by atoms with Crippen LogP contribution in [0.3, 0.4) is 0 Å². The summed E-state index contributed by atoms with van der Waals surface area (Å²) in [6.07, 6.45) is -0.484. The van der Waals surface area contributed by atoms with Crippen LogP contribution in [0.5, 0.6) is 0 Å². The molecule has 8 heteroatoms. The minimum atomic E-state index is -0.953. The summed E-state index contributed by atoms with van der Waals surface area (Å²) in [6.45, 7) is 5.73. The zero-order valence-corrected chi connectivity index (χ0v) is 14.5. The van der Waals surface area contributed by atoms with E-state index in [4.69, 9.17) is 4.74 Å². The highest BCUT2D eigenvalue weighted by Crippen LogP contribution is 2.22. The van der Waals surface area contributed by atoms with Gasteiger partial charge in [0.05, 0.1) is 10.5 Å². The molecule has 0 aliphatic carbocycles. The molecule has 1 N–H and O–H groups in total. The van der Waals surface area contributed by atoms with E-state index < -0.39 is 34.8 Å². The summed E-state index contributed by atoms with van der Waals surface area (Å²) in [5.41, 5.74) is -1.25. The molecule has 2 rings (SSSR count). The number of carbonyl (C=O) groups excluding carboxylic acids is 2. The van der Waals surface area contributed by atoms with E-state index in [1.807, 2.05) is 0 Å². The molecule has 0 atom stereocenters. The molecule has 23 heavy (non-hydrogen) atoms. The van der Waals surface area contributed by atoms with Gasteiger partial charge in [-0.1, -0.05) is 0 Å². The van der Waals surface area contributed by atoms with Gasteiger partial charge in [-0.2, -0.15) is 0 Å². The first-order valence-corrected chi connectivity index (χ1v) is 7.80. The van der Waals surface area contributed by atoms with E-state index in [2.05, 4.69) is 21.2 Å². The number of amides is 2. The van der Waals surface area contributed by atoms with Gasteiger partial charge in [0.15, 0.2) is 5.82 Å². The summed E-state index contributed by atoms with van der Waals surface area (Å²) in [5.74, 6) is -2.74. The van der Waals surface area contributed by atoms with E-state index in [0.29, 0.717) is 0 Å². The van der Waals surface area contributed by atoms with Gasteiger partial charge in [-0.25, -0.2) is 13.6 Å². The minimum absolute atomic E-state index is 0.00745. The van der Waals surface area contributed by atoms with Crippen molar-refractivity contribution in [3.63, 3.8) is 0 Å². The number of hydrogen-bond donors (Lipinski definition) is 1. The van der Waals surface area contributed by atoms with Gasteiger partial charge in [0.2, 0.25) is 0 Å². The van der Waals surface area contributed by atoms with Crippen molar-refractivity contribution in [1.82, 2.24) is 10.2 Å². The fourth-order valence-corrected chi connectivity index (χ4v) is 2.37. The van der Waals surface area contributed by atoms with Gasteiger partial charge in [0.1, 0.15) is 17.0 Å². The van der Waals surface area contributed by atoms with E-state index in [-0.39, 0.29) is 23.6 Å². The van der Waals surface area contributed by atoms with Gasteiger partial charge < -0.3 is 15.0 Å². The average Bonchev–Trinajstić information content (AvgIpc) is 2.36. The largest absolute Gasteiger partial charge is 0.444 e. The van der Waals surface area contributed by atoms with Crippen molar-refractivity contribution < 1.29 is 23.1 Å². The van der Waals surface area contributed by atoms with Crippen LogP contribution in [0, 0.1) is 11.6 Å². The molecular formula is C15H17BrF2N2O3. The Kier molecular flexibility index (Phi) is 4.93. The molecule has 0 unspecified atom stereocenters. The Balaban J connectivity index is 1.93. The molecule has 1 aromatic rings. The van der Waals surface area contributed by atoms with Crippen molar-refractivity contribution in [1.29, 1.82) is 0 Å². The Labute approximate surface area is 141 Å². The van der Waals surface area contributed by atoms with Crippen molar-refractivity contribution in [3.05, 3.63) is 33.8 Å². The van der Waals surface area contributed by atoms with Crippen LogP contribution in [0.15, 0.2) is 16.6 Å². The predicted octanol–water partition coefficient (Wildman–Crippen LogP) is 3.08. The number of hydrogen-bond acceptors (Lipinski definition) is 3. The standard InChI is InChI=1S/C15H17BrF2N2O3/c1-15(2,3)23-14(22)20-6-8(7-20)19-13(21)11-10(17)5-4-9(16)12(11)18/h4-5,8H,6-7H2,1-3H3,(H,19,21). The molecule has 0 saturated carbocycles. The molecule has 1 aromatic carbocycles. The summed E-state index contributed by atoms with van der Waals surface area (Å²) in [4.78, 5) is 25.2. The van der Waals surface area contributed by atoms with E-state index in [1.165, 1.54) is 11.0 Å². The van der Waals surface area contributed by atoms with Gasteiger partial charge >= 0.3 is 6.09 Å². The highest BCUT2D eigenvalue weighted by Gasteiger charge is 2.35. The first-order chi connectivity index (χ1) is 10.6. The number of halogens is 3. The molecule has 1 aliphatic rings. The van der Waals surface area contributed by atoms with Crippen molar-refractivity contribution >= 4 is 27.9 Å². The molecule has 0 bridgehead atoms. The maximum atomic E-state index is 13.8. The Bertz CT molecular complexity index is 640. The van der Waals surface area contributed by atoms with Crippen LogP contribution in [0.4, 0.5) is 13.6 Å². The van der Waals surface area contributed by atoms with Gasteiger partial charge in [-0.15, -0.1) is 0 Å². The third-order valence-corrected chi connectivity index (χ3v) is 3.75. The second kappa shape index (κ2) is 6.43. The molecule has 5 nitrogen and oxygen atoms in total. The number of nitrogens with zero attached hydrogens (tertiary/aromatic N) is 1. The molecule has 0 radical (unpaired) electrons. The van der Waals surface area contributed by atoms with E-state index in [1.54, 1.807) is 20.8 Å². The Morgan fingerprint density at radius 2 is 1.91 bits per heavy atom. The van der Waals surface area contributed by atoms with E-state index in [9.17, 15) is 18.4 Å². The van der Waals surface area contributed by atoms with E-state index >= 15 is 0 Å². The van der Waals surface area contributed by atoms with Crippen molar-refractivity contribution in [3.8, 4) is 0 Å². The molecule has 1 fully saturated rings. The SMILES string of the molecule is CC(C)(C)OC(=O)N1CC(NC(=O)c2c(F)ccc(Br)c2F)C1. The monoisotopic (exact) mass is 390 g/mol. The van der Waals surface area contributed by atoms with Crippen LogP contribution in [-0.2, 0) is 4.74 Å². The molecule has 1 saturated heterocycles. The molecule has 1 heterocycles. The topological polar surface area (TPSA) is 58.6 Å². The van der Waals surface area contributed by atoms with Crippen LogP contribution in [0.25, 0.3) is 0 Å². The summed E-state index contributed by atoms with van der Waals surface area (Å²) in [5, 5.41) is 2.50. The van der Waals surface area contributed by atoms with Gasteiger partial charge in [0.25, 0.3) is 5.91 Å². The molecule has 126 valence electrons. The minimum Gasteiger partial charge on any atom is -0.444 e. The number of nitrogens with one attached hydrogen (secondary N) is 1. The Hall–Kier alpha value is -1.70. The molecule has 1 aliphatic heterocycles. The fraction of sp³-hybridized carbons (Fsp3) is 0.467. The lowest BCUT2D eigenvalue weighted by molar-refractivity contribution is 0.00528. The maximum absolute atomic E-state index is 13.8. The number of likely N-dealkylation sites (tertiary alicyclic amines) is 1. The zero-order valence-electron chi connectivity index (χ0n) is 13.0. The third kappa shape index (κ3) is 4.19. The van der Waals surface area contributed by atoms with Gasteiger partial charge in [-0.3, -0.25) is 4.79 Å². The van der Waals surface area contributed by atoms with Crippen LogP contribution in [-0.4, -0.2) is 41.6 Å². The number of ether oxygens (including phenoxy) is 1. The quantitative estimate of drug-likeness (QED) is 0.789. The predicted molar refractivity (Wildman–Crippen MR) is 83.1 cm³/mol. The summed E-state index contributed by atoms with van der Waals surface area (Å²) in [6, 6.07) is 1.83. The second-order valence-corrected chi connectivity index (χ2v) is 7.13. The Morgan fingerprint density at radius 1 is 1.30 bits per heavy atom. The summed E-state index contributed by atoms with van der Waals surface area (Å²) in [7, 11) is 0. The molecular weight excluding hydrogens is 374 g/mol. The zero-order chi connectivity index (χ0) is 17.4. The lowest BCUT2D eigenvalue weighted by Crippen LogP contribution is -2.61. The first-order valence-electron chi connectivity index (χ1n) is 7.01.